The van der Waals surface area contributed by atoms with Crippen LogP contribution in [-0.4, -0.2) is 17.8 Å². The first kappa shape index (κ1) is 15.7. The van der Waals surface area contributed by atoms with E-state index in [1.165, 1.54) is 16.7 Å². The number of aliphatic hydroxyl groups is 1. The van der Waals surface area contributed by atoms with Crippen LogP contribution in [0.5, 0.6) is 0 Å². The maximum absolute atomic E-state index is 9.99. The third-order valence-corrected chi connectivity index (χ3v) is 3.73. The fraction of sp³-hybridized carbons (Fsp3) is 0.368. The zero-order valence-corrected chi connectivity index (χ0v) is 13.1. The lowest BCUT2D eigenvalue weighted by Gasteiger charge is -2.26. The molecule has 2 N–H and O–H groups in total. The molecule has 21 heavy (non-hydrogen) atoms. The van der Waals surface area contributed by atoms with E-state index in [9.17, 15) is 5.11 Å². The van der Waals surface area contributed by atoms with E-state index in [2.05, 4.69) is 53.8 Å². The average molecular weight is 283 g/mol. The van der Waals surface area contributed by atoms with Crippen molar-refractivity contribution < 1.29 is 5.11 Å². The summed E-state index contributed by atoms with van der Waals surface area (Å²) in [5.41, 5.74) is 3.62. The summed E-state index contributed by atoms with van der Waals surface area (Å²) in [5, 5.41) is 13.3. The molecule has 0 spiro atoms. The lowest BCUT2D eigenvalue weighted by atomic mass is 9.89. The van der Waals surface area contributed by atoms with E-state index in [0.717, 1.165) is 6.54 Å². The summed E-state index contributed by atoms with van der Waals surface area (Å²) >= 11 is 0. The quantitative estimate of drug-likeness (QED) is 0.873. The van der Waals surface area contributed by atoms with Crippen molar-refractivity contribution in [1.82, 2.24) is 5.32 Å². The summed E-state index contributed by atoms with van der Waals surface area (Å²) in [4.78, 5) is 0. The molecular formula is C19H25NO. The predicted octanol–water partition coefficient (Wildman–Crippen LogP) is 3.85. The molecule has 2 aromatic rings. The Kier molecular flexibility index (Phi) is 5.16. The van der Waals surface area contributed by atoms with Gasteiger partial charge in [-0.25, -0.2) is 0 Å². The molecular weight excluding hydrogens is 258 g/mol. The highest BCUT2D eigenvalue weighted by molar-refractivity contribution is 5.63. The van der Waals surface area contributed by atoms with Crippen LogP contribution in [-0.2, 0) is 6.54 Å². The van der Waals surface area contributed by atoms with E-state index in [1.54, 1.807) is 0 Å². The van der Waals surface area contributed by atoms with Crippen LogP contribution >= 0.6 is 0 Å². The molecule has 0 aliphatic heterocycles. The fourth-order valence-electron chi connectivity index (χ4n) is 2.11. The molecule has 1 unspecified atom stereocenters. The van der Waals surface area contributed by atoms with Crippen molar-refractivity contribution >= 4 is 0 Å². The Bertz CT molecular complexity index is 540. The van der Waals surface area contributed by atoms with Crippen molar-refractivity contribution in [3.63, 3.8) is 0 Å². The van der Waals surface area contributed by atoms with Gasteiger partial charge in [0.2, 0.25) is 0 Å². The Morgan fingerprint density at radius 1 is 0.905 bits per heavy atom. The van der Waals surface area contributed by atoms with Crippen molar-refractivity contribution in [1.29, 1.82) is 0 Å². The molecule has 2 aromatic carbocycles. The summed E-state index contributed by atoms with van der Waals surface area (Å²) in [7, 11) is 0. The number of rotatable bonds is 5. The van der Waals surface area contributed by atoms with Crippen LogP contribution in [0.4, 0.5) is 0 Å². The molecule has 0 saturated heterocycles. The predicted molar refractivity (Wildman–Crippen MR) is 89.0 cm³/mol. The minimum Gasteiger partial charge on any atom is -0.391 e. The minimum absolute atomic E-state index is 0.0792. The standard InChI is InChI=1S/C19H25NO/c1-19(2,3)18(21)14-20-13-15-9-11-17(12-10-15)16-7-5-4-6-8-16/h4-12,18,20-21H,13-14H2,1-3H3. The van der Waals surface area contributed by atoms with Crippen molar-refractivity contribution in [2.45, 2.75) is 33.4 Å². The molecule has 0 saturated carbocycles. The Balaban J connectivity index is 1.89. The van der Waals surface area contributed by atoms with E-state index in [1.807, 2.05) is 26.8 Å². The highest BCUT2D eigenvalue weighted by Crippen LogP contribution is 2.20. The molecule has 0 aliphatic carbocycles. The van der Waals surface area contributed by atoms with Crippen LogP contribution in [0, 0.1) is 5.41 Å². The third-order valence-electron chi connectivity index (χ3n) is 3.73. The monoisotopic (exact) mass is 283 g/mol. The first-order valence-electron chi connectivity index (χ1n) is 7.50. The molecule has 2 heteroatoms. The average Bonchev–Trinajstić information content (AvgIpc) is 2.48. The zero-order chi connectivity index (χ0) is 15.3. The molecule has 0 aliphatic rings. The summed E-state index contributed by atoms with van der Waals surface area (Å²) in [6.07, 6.45) is -0.332. The molecule has 0 radical (unpaired) electrons. The maximum Gasteiger partial charge on any atom is 0.0712 e. The van der Waals surface area contributed by atoms with Gasteiger partial charge in [-0.05, 0) is 22.1 Å². The maximum atomic E-state index is 9.99. The van der Waals surface area contributed by atoms with Gasteiger partial charge in [-0.15, -0.1) is 0 Å². The smallest absolute Gasteiger partial charge is 0.0712 e. The number of nitrogens with one attached hydrogen (secondary N) is 1. The fourth-order valence-corrected chi connectivity index (χ4v) is 2.11. The number of hydrogen-bond acceptors (Lipinski definition) is 2. The van der Waals surface area contributed by atoms with Gasteiger partial charge in [0.05, 0.1) is 6.10 Å². The third kappa shape index (κ3) is 4.69. The molecule has 2 rings (SSSR count). The van der Waals surface area contributed by atoms with Crippen LogP contribution in [0.1, 0.15) is 26.3 Å². The summed E-state index contributed by atoms with van der Waals surface area (Å²) in [6.45, 7) is 7.54. The Morgan fingerprint density at radius 2 is 1.48 bits per heavy atom. The number of hydrogen-bond donors (Lipinski definition) is 2. The zero-order valence-electron chi connectivity index (χ0n) is 13.1. The summed E-state index contributed by atoms with van der Waals surface area (Å²) in [5.74, 6) is 0. The van der Waals surface area contributed by atoms with Crippen molar-refractivity contribution in [3.8, 4) is 11.1 Å². The molecule has 112 valence electrons. The van der Waals surface area contributed by atoms with Gasteiger partial charge in [0, 0.05) is 13.1 Å². The van der Waals surface area contributed by atoms with Gasteiger partial charge in [0.1, 0.15) is 0 Å². The van der Waals surface area contributed by atoms with Crippen LogP contribution in [0.2, 0.25) is 0 Å². The second kappa shape index (κ2) is 6.88. The Labute approximate surface area is 127 Å². The van der Waals surface area contributed by atoms with Gasteiger partial charge >= 0.3 is 0 Å². The SMILES string of the molecule is CC(C)(C)C(O)CNCc1ccc(-c2ccccc2)cc1. The minimum atomic E-state index is -0.332. The van der Waals surface area contributed by atoms with Gasteiger partial charge in [0.15, 0.2) is 0 Å². The van der Waals surface area contributed by atoms with Gasteiger partial charge in [-0.2, -0.15) is 0 Å². The van der Waals surface area contributed by atoms with Gasteiger partial charge < -0.3 is 10.4 Å². The lowest BCUT2D eigenvalue weighted by Crippen LogP contribution is -2.36. The largest absolute Gasteiger partial charge is 0.391 e. The first-order chi connectivity index (χ1) is 9.97. The second-order valence-electron chi connectivity index (χ2n) is 6.58. The Morgan fingerprint density at radius 3 is 2.05 bits per heavy atom. The van der Waals surface area contributed by atoms with Gasteiger partial charge in [-0.3, -0.25) is 0 Å². The van der Waals surface area contributed by atoms with E-state index < -0.39 is 0 Å². The van der Waals surface area contributed by atoms with Crippen LogP contribution < -0.4 is 5.32 Å². The number of benzene rings is 2. The van der Waals surface area contributed by atoms with Gasteiger partial charge in [-0.1, -0.05) is 75.4 Å². The summed E-state index contributed by atoms with van der Waals surface area (Å²) in [6, 6.07) is 18.9. The van der Waals surface area contributed by atoms with Crippen molar-refractivity contribution in [3.05, 3.63) is 60.2 Å². The van der Waals surface area contributed by atoms with Crippen LogP contribution in [0.3, 0.4) is 0 Å². The number of aliphatic hydroxyl groups excluding tert-OH is 1. The van der Waals surface area contributed by atoms with E-state index >= 15 is 0 Å². The molecule has 2 nitrogen and oxygen atoms in total. The first-order valence-corrected chi connectivity index (χ1v) is 7.50. The second-order valence-corrected chi connectivity index (χ2v) is 6.58. The molecule has 0 heterocycles. The highest BCUT2D eigenvalue weighted by Gasteiger charge is 2.21. The molecule has 0 amide bonds. The normalized spacial score (nSPS) is 13.1. The molecule has 0 fully saturated rings. The van der Waals surface area contributed by atoms with E-state index in [0.29, 0.717) is 6.54 Å². The van der Waals surface area contributed by atoms with Crippen molar-refractivity contribution in [2.24, 2.45) is 5.41 Å². The molecule has 0 bridgehead atoms. The highest BCUT2D eigenvalue weighted by atomic mass is 16.3. The van der Waals surface area contributed by atoms with Crippen LogP contribution in [0.25, 0.3) is 11.1 Å². The molecule has 0 aromatic heterocycles. The van der Waals surface area contributed by atoms with E-state index in [4.69, 9.17) is 0 Å². The Hall–Kier alpha value is -1.64. The topological polar surface area (TPSA) is 32.3 Å². The van der Waals surface area contributed by atoms with Crippen molar-refractivity contribution in [2.75, 3.05) is 6.54 Å². The summed E-state index contributed by atoms with van der Waals surface area (Å²) < 4.78 is 0. The van der Waals surface area contributed by atoms with Crippen LogP contribution in [0.15, 0.2) is 54.6 Å². The van der Waals surface area contributed by atoms with E-state index in [-0.39, 0.29) is 11.5 Å². The molecule has 1 atom stereocenters. The van der Waals surface area contributed by atoms with Gasteiger partial charge in [0.25, 0.3) is 0 Å². The lowest BCUT2D eigenvalue weighted by molar-refractivity contribution is 0.0628.